The fourth-order valence-electron chi connectivity index (χ4n) is 6.16. The number of benzene rings is 3. The minimum Gasteiger partial charge on any atom is -0.496 e. The number of ether oxygens (including phenoxy) is 1. The smallest absolute Gasteiger partial charge is 0.496 e. The number of hydrogen-bond acceptors (Lipinski definition) is 7. The zero-order valence-corrected chi connectivity index (χ0v) is 25.1. The summed E-state index contributed by atoms with van der Waals surface area (Å²) < 4.78 is 107. The second-order valence-corrected chi connectivity index (χ2v) is 13.5. The lowest BCUT2D eigenvalue weighted by atomic mass is 9.83. The number of alkyl halides is 3. The van der Waals surface area contributed by atoms with Crippen molar-refractivity contribution in [2.24, 2.45) is 17.8 Å². The number of methoxy groups -OCH3 is 1. The molecule has 10 nitrogen and oxygen atoms in total. The highest BCUT2D eigenvalue weighted by molar-refractivity contribution is 7.92. The van der Waals surface area contributed by atoms with Crippen LogP contribution in [0.25, 0.3) is 11.1 Å². The normalized spacial score (nSPS) is 21.0. The number of rotatable bonds is 9. The third-order valence-electron chi connectivity index (χ3n) is 8.18. The Hall–Kier alpha value is -4.18. The van der Waals surface area contributed by atoms with Gasteiger partial charge in [-0.3, -0.25) is 14.3 Å². The zero-order chi connectivity index (χ0) is 32.7. The number of amides is 2. The molecule has 45 heavy (non-hydrogen) atoms. The molecule has 0 radical (unpaired) electrons. The van der Waals surface area contributed by atoms with E-state index in [4.69, 9.17) is 4.74 Å². The van der Waals surface area contributed by atoms with Crippen molar-refractivity contribution in [3.05, 3.63) is 72.0 Å². The number of thiol groups is 1. The largest absolute Gasteiger partial charge is 0.501 e. The monoisotopic (exact) mass is 669 g/mol. The number of hydrogen-bond donors (Lipinski definition) is 4. The molecule has 2 saturated carbocycles. The number of carbonyl (C=O) groups excluding carboxylic acids is 2. The molecule has 3 aromatic carbocycles. The number of nitrogens with one attached hydrogen (secondary N) is 3. The predicted octanol–water partition coefficient (Wildman–Crippen LogP) is 4.52. The molecule has 0 saturated heterocycles. The van der Waals surface area contributed by atoms with Gasteiger partial charge in [-0.25, -0.2) is 21.2 Å². The van der Waals surface area contributed by atoms with Gasteiger partial charge in [0.25, 0.3) is 15.7 Å². The summed E-state index contributed by atoms with van der Waals surface area (Å²) in [6.07, 6.45) is 2.03. The van der Waals surface area contributed by atoms with Crippen LogP contribution in [0, 0.1) is 23.6 Å². The number of sulfone groups is 1. The molecule has 2 fully saturated rings. The lowest BCUT2D eigenvalue weighted by molar-refractivity contribution is -0.122. The molecule has 0 heterocycles. The summed E-state index contributed by atoms with van der Waals surface area (Å²) in [5.41, 5.74) is -5.04. The van der Waals surface area contributed by atoms with Crippen LogP contribution >= 0.6 is 0 Å². The summed E-state index contributed by atoms with van der Waals surface area (Å²) >= 11 is 0. The van der Waals surface area contributed by atoms with Gasteiger partial charge in [0.2, 0.25) is 16.8 Å². The molecule has 0 unspecified atom stereocenters. The Balaban J connectivity index is 1.38. The third-order valence-corrected chi connectivity index (χ3v) is 10.1. The fourth-order valence-corrected chi connectivity index (χ4v) is 7.32. The topological polar surface area (TPSA) is 148 Å². The van der Waals surface area contributed by atoms with E-state index in [9.17, 15) is 39.6 Å². The summed E-state index contributed by atoms with van der Waals surface area (Å²) in [6.45, 7) is 0. The van der Waals surface area contributed by atoms with E-state index in [-0.39, 0.29) is 40.1 Å². The molecule has 2 aliphatic rings. The first-order chi connectivity index (χ1) is 21.2. The van der Waals surface area contributed by atoms with Gasteiger partial charge in [-0.05, 0) is 73.1 Å². The van der Waals surface area contributed by atoms with Gasteiger partial charge in [-0.2, -0.15) is 13.2 Å². The van der Waals surface area contributed by atoms with Crippen LogP contribution in [0.5, 0.6) is 5.75 Å². The molecule has 0 aromatic heterocycles. The van der Waals surface area contributed by atoms with Gasteiger partial charge in [0.1, 0.15) is 11.6 Å². The van der Waals surface area contributed by atoms with E-state index in [1.54, 1.807) is 0 Å². The van der Waals surface area contributed by atoms with Crippen LogP contribution < -0.4 is 20.1 Å². The summed E-state index contributed by atoms with van der Waals surface area (Å²) in [7, 11) is -7.27. The van der Waals surface area contributed by atoms with Crippen LogP contribution in [0.1, 0.15) is 29.6 Å². The highest BCUT2D eigenvalue weighted by atomic mass is 32.2. The number of halogens is 4. The highest BCUT2D eigenvalue weighted by Crippen LogP contribution is 2.49. The SMILES string of the molecule is COc1cc(F)c(-c2ccc(N[SH](=O)=O)cc2)cc1C(=O)N[C@@H]1[C@H]2CC[C@H](C2)[C@@H]1C(=O)Nc1cccc(S(=O)(=O)C(F)(F)F)c1. The average molecular weight is 670 g/mol. The minimum atomic E-state index is -5.63. The van der Waals surface area contributed by atoms with Crippen LogP contribution in [0.2, 0.25) is 0 Å². The molecule has 3 N–H and O–H groups in total. The second kappa shape index (κ2) is 12.3. The molecular formula is C29H27F4N3O7S2. The molecule has 2 amide bonds. The van der Waals surface area contributed by atoms with Crippen LogP contribution in [0.4, 0.5) is 28.9 Å². The van der Waals surface area contributed by atoms with Gasteiger partial charge in [0.15, 0.2) is 0 Å². The van der Waals surface area contributed by atoms with Crippen LogP contribution in [-0.4, -0.2) is 47.3 Å². The Morgan fingerprint density at radius 2 is 1.64 bits per heavy atom. The second-order valence-electron chi connectivity index (χ2n) is 10.8. The first-order valence-corrected chi connectivity index (χ1v) is 16.3. The molecule has 240 valence electrons. The predicted molar refractivity (Wildman–Crippen MR) is 156 cm³/mol. The molecule has 0 aliphatic heterocycles. The Morgan fingerprint density at radius 1 is 0.956 bits per heavy atom. The van der Waals surface area contributed by atoms with E-state index in [2.05, 4.69) is 15.4 Å². The lowest BCUT2D eigenvalue weighted by Crippen LogP contribution is -2.48. The third kappa shape index (κ3) is 6.47. The van der Waals surface area contributed by atoms with Gasteiger partial charge >= 0.3 is 5.51 Å². The van der Waals surface area contributed by atoms with Crippen molar-refractivity contribution in [3.63, 3.8) is 0 Å². The van der Waals surface area contributed by atoms with Crippen molar-refractivity contribution in [1.29, 1.82) is 0 Å². The van der Waals surface area contributed by atoms with Crippen molar-refractivity contribution in [3.8, 4) is 16.9 Å². The van der Waals surface area contributed by atoms with Gasteiger partial charge < -0.3 is 15.4 Å². The van der Waals surface area contributed by atoms with Crippen molar-refractivity contribution in [2.75, 3.05) is 17.1 Å². The minimum absolute atomic E-state index is 0.0225. The molecule has 5 rings (SSSR count). The Bertz CT molecular complexity index is 1820. The van der Waals surface area contributed by atoms with E-state index in [0.29, 0.717) is 18.4 Å². The molecule has 3 aromatic rings. The van der Waals surface area contributed by atoms with E-state index in [1.165, 1.54) is 43.5 Å². The van der Waals surface area contributed by atoms with Crippen molar-refractivity contribution in [1.82, 2.24) is 5.32 Å². The first kappa shape index (κ1) is 32.2. The highest BCUT2D eigenvalue weighted by Gasteiger charge is 2.52. The van der Waals surface area contributed by atoms with E-state index in [0.717, 1.165) is 30.7 Å². The maximum absolute atomic E-state index is 15.1. The van der Waals surface area contributed by atoms with Crippen molar-refractivity contribution in [2.45, 2.75) is 35.7 Å². The standard InChI is InChI=1S/C29H27F4N3O7S2/c1-43-24-14-23(30)21(15-7-9-18(10-8-15)36-44(39)40)13-22(24)27(37)35-26-17-6-5-16(11-17)25(26)28(38)34-19-3-2-4-20(12-19)45(41,42)29(31,32)33/h2-4,7-10,12-14,16-17,25-26,44H,5-6,11H2,1H3,(H,34,38)(H,35,37)(H,36,39,40)/t16-,17+,25+,26-/m1/s1. The van der Waals surface area contributed by atoms with Crippen molar-refractivity contribution >= 4 is 43.9 Å². The Labute approximate surface area is 257 Å². The molecular weight excluding hydrogens is 642 g/mol. The molecule has 16 heteroatoms. The Morgan fingerprint density at radius 3 is 2.29 bits per heavy atom. The number of carbonyl (C=O) groups is 2. The summed E-state index contributed by atoms with van der Waals surface area (Å²) in [4.78, 5) is 26.0. The fraction of sp³-hybridized carbons (Fsp3) is 0.310. The summed E-state index contributed by atoms with van der Waals surface area (Å²) in [6, 6.07) is 11.3. The van der Waals surface area contributed by atoms with Crippen LogP contribution in [0.15, 0.2) is 65.6 Å². The molecule has 0 spiro atoms. The quantitative estimate of drug-likeness (QED) is 0.194. The van der Waals surface area contributed by atoms with Gasteiger partial charge in [0, 0.05) is 29.0 Å². The lowest BCUT2D eigenvalue weighted by Gasteiger charge is -2.31. The van der Waals surface area contributed by atoms with Crippen LogP contribution in [0.3, 0.4) is 0 Å². The summed E-state index contributed by atoms with van der Waals surface area (Å²) in [5, 5.41) is 5.39. The van der Waals surface area contributed by atoms with E-state index in [1.807, 2.05) is 0 Å². The van der Waals surface area contributed by atoms with Crippen LogP contribution in [-0.2, 0) is 25.5 Å². The van der Waals surface area contributed by atoms with E-state index < -0.39 is 60.7 Å². The maximum Gasteiger partial charge on any atom is 0.501 e. The Kier molecular flexibility index (Phi) is 8.81. The number of fused-ring (bicyclic) bond motifs is 2. The van der Waals surface area contributed by atoms with Crippen molar-refractivity contribution < 1.29 is 48.7 Å². The summed E-state index contributed by atoms with van der Waals surface area (Å²) in [5.74, 6) is -2.99. The van der Waals surface area contributed by atoms with Gasteiger partial charge in [-0.15, -0.1) is 0 Å². The molecule has 2 aliphatic carbocycles. The van der Waals surface area contributed by atoms with Gasteiger partial charge in [-0.1, -0.05) is 18.2 Å². The zero-order valence-electron chi connectivity index (χ0n) is 23.4. The molecule has 2 bridgehead atoms. The first-order valence-electron chi connectivity index (χ1n) is 13.6. The molecule has 4 atom stereocenters. The van der Waals surface area contributed by atoms with Gasteiger partial charge in [0.05, 0.1) is 23.5 Å². The maximum atomic E-state index is 15.1. The average Bonchev–Trinajstić information content (AvgIpc) is 3.59. The van der Waals surface area contributed by atoms with E-state index >= 15 is 4.39 Å². The number of anilines is 2.